The van der Waals surface area contributed by atoms with Gasteiger partial charge in [-0.25, -0.2) is 0 Å². The van der Waals surface area contributed by atoms with E-state index >= 15 is 0 Å². The van der Waals surface area contributed by atoms with Gasteiger partial charge in [0.1, 0.15) is 0 Å². The third-order valence-corrected chi connectivity index (χ3v) is 6.78. The van der Waals surface area contributed by atoms with Gasteiger partial charge >= 0.3 is 0 Å². The van der Waals surface area contributed by atoms with E-state index in [0.717, 1.165) is 8.95 Å². The zero-order valence-corrected chi connectivity index (χ0v) is 19.2. The summed E-state index contributed by atoms with van der Waals surface area (Å²) in [5.41, 5.74) is 5.01. The number of hydrogen-bond acceptors (Lipinski definition) is 0. The van der Waals surface area contributed by atoms with Crippen molar-refractivity contribution in [3.05, 3.63) is 106 Å². The summed E-state index contributed by atoms with van der Waals surface area (Å²) >= 11 is 7.53. The van der Waals surface area contributed by atoms with Gasteiger partial charge in [0.15, 0.2) is 0 Å². The molecule has 0 saturated carbocycles. The Morgan fingerprint density at radius 3 is 1.23 bits per heavy atom. The maximum Gasteiger partial charge on any atom is 0.0187 e. The van der Waals surface area contributed by atoms with Crippen LogP contribution in [0.25, 0.3) is 54.6 Å². The van der Waals surface area contributed by atoms with Crippen LogP contribution in [-0.2, 0) is 0 Å². The quantitative estimate of drug-likeness (QED) is 0.203. The molecule has 0 heterocycles. The maximum atomic E-state index is 3.77. The molecule has 0 atom stereocenters. The second kappa shape index (κ2) is 6.94. The summed E-state index contributed by atoms with van der Waals surface area (Å²) in [7, 11) is 0. The summed E-state index contributed by atoms with van der Waals surface area (Å²) in [6, 6.07) is 35.0. The lowest BCUT2D eigenvalue weighted by Gasteiger charge is -2.19. The molecule has 0 aromatic heterocycles. The van der Waals surface area contributed by atoms with E-state index < -0.39 is 0 Å². The lowest BCUT2D eigenvalue weighted by atomic mass is 9.86. The normalized spacial score (nSPS) is 11.7. The molecule has 0 unspecified atom stereocenters. The summed E-state index contributed by atoms with van der Waals surface area (Å²) in [6.45, 7) is 0. The van der Waals surface area contributed by atoms with Crippen molar-refractivity contribution in [1.82, 2.24) is 0 Å². The van der Waals surface area contributed by atoms with Crippen LogP contribution in [0.3, 0.4) is 0 Å². The predicted molar refractivity (Wildman–Crippen MR) is 136 cm³/mol. The molecule has 0 radical (unpaired) electrons. The minimum atomic E-state index is 1.10. The van der Waals surface area contributed by atoms with Crippen LogP contribution < -0.4 is 0 Å². The average Bonchev–Trinajstić information content (AvgIpc) is 2.77. The van der Waals surface area contributed by atoms with Gasteiger partial charge in [-0.3, -0.25) is 0 Å². The van der Waals surface area contributed by atoms with Gasteiger partial charge in [0, 0.05) is 8.95 Å². The molecular formula is C28H16Br2. The minimum absolute atomic E-state index is 1.10. The molecule has 6 rings (SSSR count). The maximum absolute atomic E-state index is 3.77. The van der Waals surface area contributed by atoms with E-state index in [-0.39, 0.29) is 0 Å². The number of halogens is 2. The second-order valence-electron chi connectivity index (χ2n) is 7.68. The second-order valence-corrected chi connectivity index (χ2v) is 9.51. The molecule has 0 aliphatic rings. The monoisotopic (exact) mass is 510 g/mol. The van der Waals surface area contributed by atoms with Crippen LogP contribution in [0.1, 0.15) is 0 Å². The highest BCUT2D eigenvalue weighted by Crippen LogP contribution is 2.45. The standard InChI is InChI=1S/C28H16Br2/c29-21-12-20-14-24(18-9-5-2-6-10-18)26-16-22(30)11-19-13-23(17-7-3-1-4-8-17)25(15-21)27(20)28(19)26/h1-16H. The van der Waals surface area contributed by atoms with Crippen molar-refractivity contribution in [2.24, 2.45) is 0 Å². The van der Waals surface area contributed by atoms with Crippen molar-refractivity contribution in [2.75, 3.05) is 0 Å². The van der Waals surface area contributed by atoms with Gasteiger partial charge in [-0.2, -0.15) is 0 Å². The van der Waals surface area contributed by atoms with E-state index in [4.69, 9.17) is 0 Å². The smallest absolute Gasteiger partial charge is 0.0187 e. The molecule has 0 amide bonds. The molecule has 142 valence electrons. The third-order valence-electron chi connectivity index (χ3n) is 5.87. The molecule has 0 fully saturated rings. The first-order chi connectivity index (χ1) is 14.7. The topological polar surface area (TPSA) is 0 Å². The fourth-order valence-electron chi connectivity index (χ4n) is 4.65. The summed E-state index contributed by atoms with van der Waals surface area (Å²) in [5.74, 6) is 0. The Kier molecular flexibility index (Phi) is 4.19. The van der Waals surface area contributed by atoms with Crippen LogP contribution in [0.4, 0.5) is 0 Å². The highest BCUT2D eigenvalue weighted by atomic mass is 79.9. The lowest BCUT2D eigenvalue weighted by molar-refractivity contribution is 1.64. The van der Waals surface area contributed by atoms with Gasteiger partial charge < -0.3 is 0 Å². The van der Waals surface area contributed by atoms with E-state index in [0.29, 0.717) is 0 Å². The van der Waals surface area contributed by atoms with E-state index in [1.54, 1.807) is 0 Å². The SMILES string of the molecule is Brc1cc2cc(-c3ccccc3)c3cc(Br)cc4cc(-c5ccccc5)c(c1)c2c43. The molecule has 30 heavy (non-hydrogen) atoms. The molecule has 0 saturated heterocycles. The van der Waals surface area contributed by atoms with Gasteiger partial charge in [-0.05, 0) is 91.0 Å². The van der Waals surface area contributed by atoms with E-state index in [1.807, 2.05) is 0 Å². The van der Waals surface area contributed by atoms with Crippen LogP contribution in [-0.4, -0.2) is 0 Å². The van der Waals surface area contributed by atoms with Crippen molar-refractivity contribution in [3.63, 3.8) is 0 Å². The van der Waals surface area contributed by atoms with E-state index in [1.165, 1.54) is 54.6 Å². The van der Waals surface area contributed by atoms with E-state index in [9.17, 15) is 0 Å². The third kappa shape index (κ3) is 2.79. The Bertz CT molecular complexity index is 1410. The number of benzene rings is 6. The van der Waals surface area contributed by atoms with Crippen molar-refractivity contribution < 1.29 is 0 Å². The zero-order valence-electron chi connectivity index (χ0n) is 16.0. The number of rotatable bonds is 2. The van der Waals surface area contributed by atoms with Crippen LogP contribution in [0.15, 0.2) is 106 Å². The van der Waals surface area contributed by atoms with Crippen LogP contribution in [0.2, 0.25) is 0 Å². The molecule has 0 N–H and O–H groups in total. The first-order valence-electron chi connectivity index (χ1n) is 9.91. The summed E-state index contributed by atoms with van der Waals surface area (Å²) in [6.07, 6.45) is 0. The largest absolute Gasteiger partial charge is 0.0622 e. The molecule has 0 nitrogen and oxygen atoms in total. The summed E-state index contributed by atoms with van der Waals surface area (Å²) in [5, 5.41) is 7.75. The fraction of sp³-hybridized carbons (Fsp3) is 0. The van der Waals surface area contributed by atoms with Gasteiger partial charge in [-0.15, -0.1) is 0 Å². The van der Waals surface area contributed by atoms with Crippen LogP contribution >= 0.6 is 31.9 Å². The Labute approximate surface area is 191 Å². The number of hydrogen-bond donors (Lipinski definition) is 0. The summed E-state index contributed by atoms with van der Waals surface area (Å²) < 4.78 is 2.21. The van der Waals surface area contributed by atoms with Crippen LogP contribution in [0, 0.1) is 0 Å². The Morgan fingerprint density at radius 1 is 0.433 bits per heavy atom. The van der Waals surface area contributed by atoms with Gasteiger partial charge in [0.05, 0.1) is 0 Å². The average molecular weight is 512 g/mol. The van der Waals surface area contributed by atoms with Gasteiger partial charge in [-0.1, -0.05) is 92.5 Å². The Balaban J connectivity index is 1.85. The zero-order chi connectivity index (χ0) is 20.2. The highest BCUT2D eigenvalue weighted by molar-refractivity contribution is 9.10. The molecule has 2 heteroatoms. The molecule has 6 aromatic carbocycles. The van der Waals surface area contributed by atoms with Crippen molar-refractivity contribution in [2.45, 2.75) is 0 Å². The fourth-order valence-corrected chi connectivity index (χ4v) is 5.60. The molecular weight excluding hydrogens is 496 g/mol. The first kappa shape index (κ1) is 18.1. The molecule has 0 spiro atoms. The van der Waals surface area contributed by atoms with E-state index in [2.05, 4.69) is 129 Å². The molecule has 0 aliphatic heterocycles. The first-order valence-corrected chi connectivity index (χ1v) is 11.5. The van der Waals surface area contributed by atoms with Crippen molar-refractivity contribution in [1.29, 1.82) is 0 Å². The predicted octanol–water partition coefficient (Wildman–Crippen LogP) is 9.44. The molecule has 0 aliphatic carbocycles. The molecule has 6 aromatic rings. The van der Waals surface area contributed by atoms with Gasteiger partial charge in [0.2, 0.25) is 0 Å². The Morgan fingerprint density at radius 2 is 0.833 bits per heavy atom. The molecule has 0 bridgehead atoms. The van der Waals surface area contributed by atoms with Crippen LogP contribution in [0.5, 0.6) is 0 Å². The van der Waals surface area contributed by atoms with Gasteiger partial charge in [0.25, 0.3) is 0 Å². The lowest BCUT2D eigenvalue weighted by Crippen LogP contribution is -1.91. The Hall–Kier alpha value is -2.68. The summed E-state index contributed by atoms with van der Waals surface area (Å²) in [4.78, 5) is 0. The van der Waals surface area contributed by atoms with Crippen molar-refractivity contribution in [3.8, 4) is 22.3 Å². The van der Waals surface area contributed by atoms with Crippen molar-refractivity contribution >= 4 is 64.2 Å². The minimum Gasteiger partial charge on any atom is -0.0622 e. The highest BCUT2D eigenvalue weighted by Gasteiger charge is 2.17.